The molecule has 0 aromatic carbocycles. The van der Waals surface area contributed by atoms with E-state index in [9.17, 15) is 30.6 Å². The highest BCUT2D eigenvalue weighted by Crippen LogP contribution is 2.29. The van der Waals surface area contributed by atoms with Crippen LogP contribution < -0.4 is 0 Å². The molecule has 126 valence electrons. The molecule has 1 fully saturated rings. The second-order valence-electron chi connectivity index (χ2n) is 5.98. The fourth-order valence-electron chi connectivity index (χ4n) is 2.40. The largest absolute Gasteiger partial charge is 0.394 e. The van der Waals surface area contributed by atoms with E-state index in [0.717, 1.165) is 0 Å². The second-order valence-corrected chi connectivity index (χ2v) is 5.98. The van der Waals surface area contributed by atoms with Crippen molar-refractivity contribution in [3.8, 4) is 0 Å². The molecule has 0 amide bonds. The molecule has 8 heteroatoms. The SMILES string of the molecule is CC(O)C(O)C(CO)OC(C)(C)C1OCC(O)C(O)C1O. The minimum absolute atomic E-state index is 0.168. The zero-order valence-electron chi connectivity index (χ0n) is 12.5. The van der Waals surface area contributed by atoms with E-state index in [2.05, 4.69) is 0 Å². The van der Waals surface area contributed by atoms with Crippen molar-refractivity contribution in [3.63, 3.8) is 0 Å². The molecule has 21 heavy (non-hydrogen) atoms. The maximum atomic E-state index is 9.99. The smallest absolute Gasteiger partial charge is 0.114 e. The van der Waals surface area contributed by atoms with Crippen LogP contribution in [0.1, 0.15) is 20.8 Å². The Balaban J connectivity index is 2.79. The lowest BCUT2D eigenvalue weighted by Gasteiger charge is -2.44. The maximum Gasteiger partial charge on any atom is 0.114 e. The molecule has 8 nitrogen and oxygen atoms in total. The third-order valence-corrected chi connectivity index (χ3v) is 3.70. The molecule has 7 unspecified atom stereocenters. The Hall–Kier alpha value is -0.320. The Kier molecular flexibility index (Phi) is 6.51. The zero-order valence-corrected chi connectivity index (χ0v) is 12.5. The average molecular weight is 310 g/mol. The summed E-state index contributed by atoms with van der Waals surface area (Å²) in [6.07, 6.45) is -8.42. The van der Waals surface area contributed by atoms with Gasteiger partial charge in [0.1, 0.15) is 36.6 Å². The lowest BCUT2D eigenvalue weighted by Crippen LogP contribution is -2.62. The molecule has 0 bridgehead atoms. The van der Waals surface area contributed by atoms with Crippen molar-refractivity contribution in [2.75, 3.05) is 13.2 Å². The molecule has 0 saturated carbocycles. The monoisotopic (exact) mass is 310 g/mol. The van der Waals surface area contributed by atoms with Crippen LogP contribution in [0.15, 0.2) is 0 Å². The van der Waals surface area contributed by atoms with Crippen molar-refractivity contribution < 1.29 is 40.1 Å². The van der Waals surface area contributed by atoms with Crippen molar-refractivity contribution in [3.05, 3.63) is 0 Å². The highest BCUT2D eigenvalue weighted by molar-refractivity contribution is 4.96. The lowest BCUT2D eigenvalue weighted by molar-refractivity contribution is -0.260. The third-order valence-electron chi connectivity index (χ3n) is 3.70. The molecule has 1 heterocycles. The van der Waals surface area contributed by atoms with Gasteiger partial charge in [-0.1, -0.05) is 0 Å². The first-order valence-electron chi connectivity index (χ1n) is 6.92. The molecule has 7 atom stereocenters. The zero-order chi connectivity index (χ0) is 16.4. The third kappa shape index (κ3) is 4.33. The van der Waals surface area contributed by atoms with Crippen LogP contribution in [0.4, 0.5) is 0 Å². The molecule has 1 aliphatic rings. The van der Waals surface area contributed by atoms with Crippen LogP contribution >= 0.6 is 0 Å². The van der Waals surface area contributed by atoms with Gasteiger partial charge in [-0.2, -0.15) is 0 Å². The van der Waals surface area contributed by atoms with Gasteiger partial charge in [0.2, 0.25) is 0 Å². The van der Waals surface area contributed by atoms with Gasteiger partial charge in [0, 0.05) is 0 Å². The Morgan fingerprint density at radius 3 is 2.24 bits per heavy atom. The predicted octanol–water partition coefficient (Wildman–Crippen LogP) is -2.63. The van der Waals surface area contributed by atoms with Gasteiger partial charge >= 0.3 is 0 Å². The number of rotatable bonds is 6. The summed E-state index contributed by atoms with van der Waals surface area (Å²) in [7, 11) is 0. The summed E-state index contributed by atoms with van der Waals surface area (Å²) in [6, 6.07) is 0. The van der Waals surface area contributed by atoms with Gasteiger partial charge in [-0.05, 0) is 20.8 Å². The van der Waals surface area contributed by atoms with E-state index in [4.69, 9.17) is 9.47 Å². The molecular weight excluding hydrogens is 284 g/mol. The van der Waals surface area contributed by atoms with Gasteiger partial charge in [-0.3, -0.25) is 0 Å². The first-order chi connectivity index (χ1) is 9.61. The predicted molar refractivity (Wildman–Crippen MR) is 71.5 cm³/mol. The van der Waals surface area contributed by atoms with Gasteiger partial charge in [-0.25, -0.2) is 0 Å². The van der Waals surface area contributed by atoms with E-state index in [1.807, 2.05) is 0 Å². The van der Waals surface area contributed by atoms with Crippen LogP contribution in [0, 0.1) is 0 Å². The number of hydrogen-bond donors (Lipinski definition) is 6. The number of aliphatic hydroxyl groups is 6. The van der Waals surface area contributed by atoms with E-state index in [-0.39, 0.29) is 6.61 Å². The molecule has 1 rings (SSSR count). The minimum atomic E-state index is -1.38. The highest BCUT2D eigenvalue weighted by Gasteiger charge is 2.47. The molecule has 0 aromatic rings. The Bertz CT molecular complexity index is 321. The van der Waals surface area contributed by atoms with E-state index < -0.39 is 54.9 Å². The standard InChI is InChI=1S/C13H26O8/c1-6(15)9(17)8(4-14)21-13(2,3)12-11(19)10(18)7(16)5-20-12/h6-12,14-19H,4-5H2,1-3H3. The minimum Gasteiger partial charge on any atom is -0.394 e. The fraction of sp³-hybridized carbons (Fsp3) is 1.00. The van der Waals surface area contributed by atoms with Gasteiger partial charge < -0.3 is 40.1 Å². The summed E-state index contributed by atoms with van der Waals surface area (Å²) in [5.74, 6) is 0. The summed E-state index contributed by atoms with van der Waals surface area (Å²) in [4.78, 5) is 0. The Labute approximate surface area is 123 Å². The van der Waals surface area contributed by atoms with Crippen LogP contribution in [0.25, 0.3) is 0 Å². The van der Waals surface area contributed by atoms with Crippen LogP contribution in [0.5, 0.6) is 0 Å². The van der Waals surface area contributed by atoms with E-state index in [1.54, 1.807) is 13.8 Å². The average Bonchev–Trinajstić information content (AvgIpc) is 2.41. The molecular formula is C13H26O8. The number of hydrogen-bond acceptors (Lipinski definition) is 8. The Morgan fingerprint density at radius 2 is 1.76 bits per heavy atom. The quantitative estimate of drug-likeness (QED) is 0.313. The van der Waals surface area contributed by atoms with Crippen molar-refractivity contribution in [1.29, 1.82) is 0 Å². The van der Waals surface area contributed by atoms with Gasteiger partial charge in [-0.15, -0.1) is 0 Å². The van der Waals surface area contributed by atoms with Crippen LogP contribution in [-0.4, -0.2) is 92.2 Å². The summed E-state index contributed by atoms with van der Waals surface area (Å²) in [6.45, 7) is 3.77. The molecule has 0 radical (unpaired) electrons. The van der Waals surface area contributed by atoms with Crippen LogP contribution in [0.2, 0.25) is 0 Å². The Morgan fingerprint density at radius 1 is 1.19 bits per heavy atom. The van der Waals surface area contributed by atoms with Crippen molar-refractivity contribution >= 4 is 0 Å². The van der Waals surface area contributed by atoms with Gasteiger partial charge in [0.25, 0.3) is 0 Å². The first kappa shape index (κ1) is 18.7. The number of aliphatic hydroxyl groups excluding tert-OH is 6. The molecule has 0 aliphatic carbocycles. The highest BCUT2D eigenvalue weighted by atomic mass is 16.6. The van der Waals surface area contributed by atoms with Crippen LogP contribution in [0.3, 0.4) is 0 Å². The molecule has 1 aliphatic heterocycles. The van der Waals surface area contributed by atoms with Crippen molar-refractivity contribution in [2.24, 2.45) is 0 Å². The summed E-state index contributed by atoms with van der Waals surface area (Å²) >= 11 is 0. The summed E-state index contributed by atoms with van der Waals surface area (Å²) in [5.41, 5.74) is -1.18. The van der Waals surface area contributed by atoms with Crippen molar-refractivity contribution in [1.82, 2.24) is 0 Å². The lowest BCUT2D eigenvalue weighted by atomic mass is 9.89. The van der Waals surface area contributed by atoms with Crippen LogP contribution in [-0.2, 0) is 9.47 Å². The second kappa shape index (κ2) is 7.30. The summed E-state index contributed by atoms with van der Waals surface area (Å²) < 4.78 is 10.9. The maximum absolute atomic E-state index is 9.99. The molecule has 0 spiro atoms. The van der Waals surface area contributed by atoms with Gasteiger partial charge in [0.05, 0.1) is 24.9 Å². The molecule has 1 saturated heterocycles. The molecule has 0 aromatic heterocycles. The summed E-state index contributed by atoms with van der Waals surface area (Å²) in [5, 5.41) is 57.5. The van der Waals surface area contributed by atoms with E-state index >= 15 is 0 Å². The number of ether oxygens (including phenoxy) is 2. The van der Waals surface area contributed by atoms with E-state index in [0.29, 0.717) is 0 Å². The van der Waals surface area contributed by atoms with Crippen molar-refractivity contribution in [2.45, 2.75) is 69.1 Å². The molecule has 6 N–H and O–H groups in total. The topological polar surface area (TPSA) is 140 Å². The first-order valence-corrected chi connectivity index (χ1v) is 6.92. The van der Waals surface area contributed by atoms with E-state index in [1.165, 1.54) is 6.92 Å². The van der Waals surface area contributed by atoms with Gasteiger partial charge in [0.15, 0.2) is 0 Å². The fourth-order valence-corrected chi connectivity index (χ4v) is 2.40. The normalized spacial score (nSPS) is 35.3.